The van der Waals surface area contributed by atoms with Crippen molar-refractivity contribution in [1.82, 2.24) is 4.90 Å². The van der Waals surface area contributed by atoms with E-state index in [1.54, 1.807) is 20.2 Å². The molecule has 0 aliphatic carbocycles. The van der Waals surface area contributed by atoms with Crippen LogP contribution < -0.4 is 4.74 Å². The highest BCUT2D eigenvalue weighted by atomic mass is 35.5. The summed E-state index contributed by atoms with van der Waals surface area (Å²) in [7, 11) is 4.57. The van der Waals surface area contributed by atoms with Crippen LogP contribution in [0.2, 0.25) is 0 Å². The lowest BCUT2D eigenvalue weighted by Gasteiger charge is -2.15. The first-order valence-corrected chi connectivity index (χ1v) is 5.09. The first-order chi connectivity index (χ1) is 7.47. The van der Waals surface area contributed by atoms with Crippen molar-refractivity contribution in [2.24, 2.45) is 0 Å². The topological polar surface area (TPSA) is 29.5 Å². The Kier molecular flexibility index (Phi) is 4.12. The molecule has 0 heterocycles. The molecule has 0 spiro atoms. The quantitative estimate of drug-likeness (QED) is 0.764. The molecule has 1 atom stereocenters. The van der Waals surface area contributed by atoms with E-state index in [0.29, 0.717) is 5.56 Å². The number of alkyl halides is 1. The van der Waals surface area contributed by atoms with E-state index >= 15 is 0 Å². The highest BCUT2D eigenvalue weighted by Gasteiger charge is 2.20. The number of benzene rings is 1. The van der Waals surface area contributed by atoms with Crippen LogP contribution in [0.15, 0.2) is 18.2 Å². The smallest absolute Gasteiger partial charge is 0.244 e. The maximum absolute atomic E-state index is 13.4. The van der Waals surface area contributed by atoms with Gasteiger partial charge in [0.2, 0.25) is 5.91 Å². The van der Waals surface area contributed by atoms with Crippen LogP contribution in [0, 0.1) is 5.82 Å². The Morgan fingerprint density at radius 2 is 2.12 bits per heavy atom. The molecule has 3 nitrogen and oxygen atoms in total. The van der Waals surface area contributed by atoms with Gasteiger partial charge in [0, 0.05) is 14.1 Å². The predicted octanol–water partition coefficient (Wildman–Crippen LogP) is 2.20. The van der Waals surface area contributed by atoms with Gasteiger partial charge < -0.3 is 9.64 Å². The summed E-state index contributed by atoms with van der Waals surface area (Å²) < 4.78 is 18.1. The van der Waals surface area contributed by atoms with Gasteiger partial charge in [-0.1, -0.05) is 6.07 Å². The fourth-order valence-electron chi connectivity index (χ4n) is 1.21. The third kappa shape index (κ3) is 2.64. The number of methoxy groups -OCH3 is 1. The standard InChI is InChI=1S/C11H13ClFNO2/c1-14(2)11(15)10(12)7-4-5-9(16-3)8(13)6-7/h4-6,10H,1-3H3. The number of rotatable bonds is 3. The molecule has 1 rings (SSSR count). The molecule has 1 unspecified atom stereocenters. The minimum absolute atomic E-state index is 0.130. The molecule has 1 aromatic carbocycles. The Labute approximate surface area is 98.8 Å². The van der Waals surface area contributed by atoms with Gasteiger partial charge in [0.15, 0.2) is 11.6 Å². The zero-order valence-electron chi connectivity index (χ0n) is 9.33. The van der Waals surface area contributed by atoms with E-state index in [9.17, 15) is 9.18 Å². The third-order valence-electron chi connectivity index (χ3n) is 2.13. The molecule has 0 fully saturated rings. The van der Waals surface area contributed by atoms with E-state index in [-0.39, 0.29) is 11.7 Å². The van der Waals surface area contributed by atoms with E-state index < -0.39 is 11.2 Å². The van der Waals surface area contributed by atoms with Crippen molar-refractivity contribution in [2.75, 3.05) is 21.2 Å². The molecule has 1 amide bonds. The number of hydrogen-bond acceptors (Lipinski definition) is 2. The van der Waals surface area contributed by atoms with Crippen LogP contribution in [0.1, 0.15) is 10.9 Å². The predicted molar refractivity (Wildman–Crippen MR) is 60.2 cm³/mol. The summed E-state index contributed by atoms with van der Waals surface area (Å²) in [6.45, 7) is 0. The van der Waals surface area contributed by atoms with Crippen molar-refractivity contribution < 1.29 is 13.9 Å². The Balaban J connectivity index is 2.97. The summed E-state index contributed by atoms with van der Waals surface area (Å²) in [6, 6.07) is 4.22. The van der Waals surface area contributed by atoms with Gasteiger partial charge in [-0.05, 0) is 17.7 Å². The fraction of sp³-hybridized carbons (Fsp3) is 0.364. The van der Waals surface area contributed by atoms with Crippen LogP contribution >= 0.6 is 11.6 Å². The van der Waals surface area contributed by atoms with Crippen LogP contribution in [-0.2, 0) is 4.79 Å². The summed E-state index contributed by atoms with van der Waals surface area (Å²) in [5.41, 5.74) is 0.415. The monoisotopic (exact) mass is 245 g/mol. The second kappa shape index (κ2) is 5.16. The Morgan fingerprint density at radius 1 is 1.50 bits per heavy atom. The van der Waals surface area contributed by atoms with Gasteiger partial charge in [-0.15, -0.1) is 11.6 Å². The van der Waals surface area contributed by atoms with Gasteiger partial charge in [-0.2, -0.15) is 0 Å². The molecule has 16 heavy (non-hydrogen) atoms. The summed E-state index contributed by atoms with van der Waals surface area (Å²) in [4.78, 5) is 12.9. The van der Waals surface area contributed by atoms with Crippen LogP contribution in [-0.4, -0.2) is 32.0 Å². The van der Waals surface area contributed by atoms with Crippen molar-refractivity contribution in [3.63, 3.8) is 0 Å². The first-order valence-electron chi connectivity index (χ1n) is 4.66. The maximum Gasteiger partial charge on any atom is 0.244 e. The van der Waals surface area contributed by atoms with Gasteiger partial charge >= 0.3 is 0 Å². The van der Waals surface area contributed by atoms with Gasteiger partial charge in [0.05, 0.1) is 7.11 Å². The second-order valence-electron chi connectivity index (χ2n) is 3.49. The molecule has 5 heteroatoms. The Bertz CT molecular complexity index is 396. The molecule has 0 saturated heterocycles. The molecule has 0 aromatic heterocycles. The van der Waals surface area contributed by atoms with Crippen molar-refractivity contribution in [3.8, 4) is 5.75 Å². The molecular formula is C11H13ClFNO2. The Morgan fingerprint density at radius 3 is 2.56 bits per heavy atom. The van der Waals surface area contributed by atoms with E-state index in [4.69, 9.17) is 16.3 Å². The van der Waals surface area contributed by atoms with Crippen molar-refractivity contribution in [3.05, 3.63) is 29.6 Å². The lowest BCUT2D eigenvalue weighted by molar-refractivity contribution is -0.128. The largest absolute Gasteiger partial charge is 0.494 e. The fourth-order valence-corrected chi connectivity index (χ4v) is 1.54. The number of carbonyl (C=O) groups is 1. The lowest BCUT2D eigenvalue weighted by Crippen LogP contribution is -2.25. The summed E-state index contributed by atoms with van der Waals surface area (Å²) in [6.07, 6.45) is 0. The van der Waals surface area contributed by atoms with Crippen molar-refractivity contribution in [1.29, 1.82) is 0 Å². The lowest BCUT2D eigenvalue weighted by atomic mass is 10.1. The molecule has 0 saturated carbocycles. The molecule has 88 valence electrons. The zero-order valence-corrected chi connectivity index (χ0v) is 10.1. The maximum atomic E-state index is 13.4. The Hall–Kier alpha value is -1.29. The van der Waals surface area contributed by atoms with Crippen LogP contribution in [0.25, 0.3) is 0 Å². The average molecular weight is 246 g/mol. The molecule has 1 aromatic rings. The normalized spacial score (nSPS) is 12.1. The summed E-state index contributed by atoms with van der Waals surface area (Å²) >= 11 is 5.92. The number of ether oxygens (including phenoxy) is 1. The van der Waals surface area contributed by atoms with Crippen LogP contribution in [0.5, 0.6) is 5.75 Å². The number of nitrogens with zero attached hydrogens (tertiary/aromatic N) is 1. The minimum Gasteiger partial charge on any atom is -0.494 e. The minimum atomic E-state index is -0.879. The van der Waals surface area contributed by atoms with Crippen molar-refractivity contribution in [2.45, 2.75) is 5.38 Å². The molecular weight excluding hydrogens is 233 g/mol. The number of hydrogen-bond donors (Lipinski definition) is 0. The number of amides is 1. The van der Waals surface area contributed by atoms with E-state index in [2.05, 4.69) is 0 Å². The highest BCUT2D eigenvalue weighted by Crippen LogP contribution is 2.26. The van der Waals surface area contributed by atoms with Gasteiger partial charge in [-0.3, -0.25) is 4.79 Å². The molecule has 0 bridgehead atoms. The first kappa shape index (κ1) is 12.8. The number of halogens is 2. The van der Waals surface area contributed by atoms with E-state index in [1.165, 1.54) is 24.1 Å². The molecule has 0 aliphatic rings. The zero-order chi connectivity index (χ0) is 12.3. The molecule has 0 radical (unpaired) electrons. The van der Waals surface area contributed by atoms with Crippen molar-refractivity contribution >= 4 is 17.5 Å². The van der Waals surface area contributed by atoms with Crippen LogP contribution in [0.3, 0.4) is 0 Å². The highest BCUT2D eigenvalue weighted by molar-refractivity contribution is 6.30. The average Bonchev–Trinajstić information content (AvgIpc) is 2.26. The van der Waals surface area contributed by atoms with Gasteiger partial charge in [0.1, 0.15) is 5.38 Å². The SMILES string of the molecule is COc1ccc(C(Cl)C(=O)N(C)C)cc1F. The van der Waals surface area contributed by atoms with Gasteiger partial charge in [0.25, 0.3) is 0 Å². The molecule has 0 N–H and O–H groups in total. The van der Waals surface area contributed by atoms with Crippen LogP contribution in [0.4, 0.5) is 4.39 Å². The second-order valence-corrected chi connectivity index (χ2v) is 3.93. The van der Waals surface area contributed by atoms with E-state index in [0.717, 1.165) is 0 Å². The molecule has 0 aliphatic heterocycles. The van der Waals surface area contributed by atoms with E-state index in [1.807, 2.05) is 0 Å². The van der Waals surface area contributed by atoms with Gasteiger partial charge in [-0.25, -0.2) is 4.39 Å². The number of carbonyl (C=O) groups excluding carboxylic acids is 1. The third-order valence-corrected chi connectivity index (χ3v) is 2.56. The summed E-state index contributed by atoms with van der Waals surface area (Å²) in [5.74, 6) is -0.687. The summed E-state index contributed by atoms with van der Waals surface area (Å²) in [5, 5.41) is -0.879. The number of likely N-dealkylation sites (N-methyl/N-ethyl adjacent to an activating group) is 1.